The predicted molar refractivity (Wildman–Crippen MR) is 106 cm³/mol. The molecule has 3 N–H and O–H groups in total. The van der Waals surface area contributed by atoms with Crippen LogP contribution in [0.25, 0.3) is 11.2 Å². The van der Waals surface area contributed by atoms with Gasteiger partial charge in [-0.05, 0) is 43.7 Å². The summed E-state index contributed by atoms with van der Waals surface area (Å²) in [4.78, 5) is 19.9. The van der Waals surface area contributed by atoms with Crippen molar-refractivity contribution in [3.63, 3.8) is 0 Å². The lowest BCUT2D eigenvalue weighted by atomic mass is 9.91. The summed E-state index contributed by atoms with van der Waals surface area (Å²) in [5.74, 6) is 0.813. The number of halogens is 2. The van der Waals surface area contributed by atoms with Gasteiger partial charge in [0.25, 0.3) is 0 Å². The summed E-state index contributed by atoms with van der Waals surface area (Å²) in [5, 5.41) is 1.59. The third kappa shape index (κ3) is 3.62. The van der Waals surface area contributed by atoms with E-state index >= 15 is 0 Å². The van der Waals surface area contributed by atoms with Gasteiger partial charge >= 0.3 is 0 Å². The molecule has 0 saturated carbocycles. The number of rotatable bonds is 3. The lowest BCUT2D eigenvalue weighted by Gasteiger charge is -2.36. The Morgan fingerprint density at radius 2 is 2.00 bits per heavy atom. The van der Waals surface area contributed by atoms with Crippen LogP contribution in [0.2, 0.25) is 10.0 Å². The lowest BCUT2D eigenvalue weighted by Crippen LogP contribution is -2.48. The first-order valence-corrected chi connectivity index (χ1v) is 9.87. The topological polar surface area (TPSA) is 83.7 Å². The van der Waals surface area contributed by atoms with Crippen LogP contribution in [0, 0.1) is 0 Å². The molecule has 26 heavy (non-hydrogen) atoms. The van der Waals surface area contributed by atoms with Crippen molar-refractivity contribution >= 4 is 52.1 Å². The standard InChI is InChI=1S/C17H18Cl2N6S/c1-17(20)5-7-25(8-6-17)15-22-11-9-21-16(24-14(11)23-15)26-12-4-2-3-10(18)13(12)19/h2-4,9H,5-8,20H2,1H3,(H,21,22,23,24). The van der Waals surface area contributed by atoms with Gasteiger partial charge in [-0.1, -0.05) is 29.3 Å². The number of anilines is 1. The average Bonchev–Trinajstić information content (AvgIpc) is 3.02. The van der Waals surface area contributed by atoms with Gasteiger partial charge in [0.05, 0.1) is 16.2 Å². The van der Waals surface area contributed by atoms with E-state index in [1.165, 1.54) is 11.8 Å². The Bertz CT molecular complexity index is 948. The SMILES string of the molecule is CC1(N)CCN(c2nc3nc(Sc4cccc(Cl)c4Cl)ncc3[nH]2)CC1. The highest BCUT2D eigenvalue weighted by Gasteiger charge is 2.27. The fourth-order valence-corrected chi connectivity index (χ4v) is 4.12. The molecule has 1 fully saturated rings. The minimum atomic E-state index is -0.0949. The Kier molecular flexibility index (Phi) is 4.73. The molecule has 6 nitrogen and oxygen atoms in total. The highest BCUT2D eigenvalue weighted by atomic mass is 35.5. The molecular formula is C17H18Cl2N6S. The molecule has 136 valence electrons. The number of nitrogens with one attached hydrogen (secondary N) is 1. The molecule has 1 aliphatic heterocycles. The Morgan fingerprint density at radius 3 is 2.77 bits per heavy atom. The molecule has 0 radical (unpaired) electrons. The number of imidazole rings is 1. The number of aromatic amines is 1. The largest absolute Gasteiger partial charge is 0.342 e. The minimum Gasteiger partial charge on any atom is -0.342 e. The fourth-order valence-electron chi connectivity index (χ4n) is 2.87. The Morgan fingerprint density at radius 1 is 1.23 bits per heavy atom. The summed E-state index contributed by atoms with van der Waals surface area (Å²) in [5.41, 5.74) is 7.56. The molecule has 0 spiro atoms. The van der Waals surface area contributed by atoms with Crippen molar-refractivity contribution < 1.29 is 0 Å². The van der Waals surface area contributed by atoms with E-state index in [1.807, 2.05) is 12.1 Å². The second kappa shape index (κ2) is 6.88. The Balaban J connectivity index is 1.57. The van der Waals surface area contributed by atoms with Crippen molar-refractivity contribution in [3.8, 4) is 0 Å². The molecule has 0 amide bonds. The Labute approximate surface area is 165 Å². The zero-order chi connectivity index (χ0) is 18.3. The first-order valence-electron chi connectivity index (χ1n) is 8.30. The average molecular weight is 409 g/mol. The molecule has 3 aromatic rings. The van der Waals surface area contributed by atoms with Crippen molar-refractivity contribution in [2.45, 2.75) is 35.4 Å². The molecule has 1 aromatic carbocycles. The van der Waals surface area contributed by atoms with Crippen LogP contribution in [0.4, 0.5) is 5.95 Å². The highest BCUT2D eigenvalue weighted by molar-refractivity contribution is 7.99. The number of H-pyrrole nitrogens is 1. The number of fused-ring (bicyclic) bond motifs is 1. The summed E-state index contributed by atoms with van der Waals surface area (Å²) in [7, 11) is 0. The van der Waals surface area contributed by atoms with Gasteiger partial charge < -0.3 is 15.6 Å². The molecule has 0 bridgehead atoms. The second-order valence-electron chi connectivity index (χ2n) is 6.75. The number of hydrogen-bond acceptors (Lipinski definition) is 6. The van der Waals surface area contributed by atoms with Crippen LogP contribution in [0.3, 0.4) is 0 Å². The molecule has 3 heterocycles. The molecule has 0 atom stereocenters. The number of piperidine rings is 1. The zero-order valence-corrected chi connectivity index (χ0v) is 16.5. The normalized spacial score (nSPS) is 17.0. The van der Waals surface area contributed by atoms with E-state index in [1.54, 1.807) is 12.3 Å². The van der Waals surface area contributed by atoms with Crippen molar-refractivity contribution in [2.24, 2.45) is 5.73 Å². The first kappa shape index (κ1) is 17.9. The molecule has 4 rings (SSSR count). The van der Waals surface area contributed by atoms with Gasteiger partial charge in [-0.25, -0.2) is 9.97 Å². The van der Waals surface area contributed by atoms with Gasteiger partial charge in [-0.3, -0.25) is 0 Å². The molecular weight excluding hydrogens is 391 g/mol. The number of nitrogens with two attached hydrogens (primary N) is 1. The third-order valence-electron chi connectivity index (χ3n) is 4.53. The summed E-state index contributed by atoms with van der Waals surface area (Å²) in [6.45, 7) is 3.85. The van der Waals surface area contributed by atoms with Crippen LogP contribution in [0.1, 0.15) is 19.8 Å². The monoisotopic (exact) mass is 408 g/mol. The van der Waals surface area contributed by atoms with Crippen LogP contribution in [-0.4, -0.2) is 38.6 Å². The Hall–Kier alpha value is -1.54. The maximum atomic E-state index is 6.24. The van der Waals surface area contributed by atoms with E-state index in [0.29, 0.717) is 20.8 Å². The summed E-state index contributed by atoms with van der Waals surface area (Å²) in [6.07, 6.45) is 3.62. The van der Waals surface area contributed by atoms with Gasteiger partial charge in [0.15, 0.2) is 10.8 Å². The number of benzene rings is 1. The maximum absolute atomic E-state index is 6.24. The molecule has 0 aliphatic carbocycles. The third-order valence-corrected chi connectivity index (χ3v) is 6.40. The van der Waals surface area contributed by atoms with Gasteiger partial charge in [0, 0.05) is 23.5 Å². The molecule has 1 aliphatic rings. The van der Waals surface area contributed by atoms with Crippen LogP contribution in [-0.2, 0) is 0 Å². The van der Waals surface area contributed by atoms with Crippen LogP contribution >= 0.6 is 35.0 Å². The predicted octanol–water partition coefficient (Wildman–Crippen LogP) is 4.13. The van der Waals surface area contributed by atoms with Gasteiger partial charge in [0.1, 0.15) is 5.52 Å². The van der Waals surface area contributed by atoms with E-state index in [0.717, 1.165) is 42.3 Å². The number of nitrogens with zero attached hydrogens (tertiary/aromatic N) is 4. The zero-order valence-electron chi connectivity index (χ0n) is 14.2. The summed E-state index contributed by atoms with van der Waals surface area (Å²) >= 11 is 13.7. The number of aromatic nitrogens is 4. The smallest absolute Gasteiger partial charge is 0.205 e. The second-order valence-corrected chi connectivity index (χ2v) is 8.54. The molecule has 9 heteroatoms. The minimum absolute atomic E-state index is 0.0949. The molecule has 0 unspecified atom stereocenters. The molecule has 1 saturated heterocycles. The maximum Gasteiger partial charge on any atom is 0.205 e. The first-order chi connectivity index (χ1) is 12.4. The van der Waals surface area contributed by atoms with Gasteiger partial charge in [0.2, 0.25) is 5.95 Å². The van der Waals surface area contributed by atoms with Crippen LogP contribution < -0.4 is 10.6 Å². The summed E-state index contributed by atoms with van der Waals surface area (Å²) < 4.78 is 0. The van der Waals surface area contributed by atoms with Crippen LogP contribution in [0.5, 0.6) is 0 Å². The van der Waals surface area contributed by atoms with E-state index in [-0.39, 0.29) is 5.54 Å². The van der Waals surface area contributed by atoms with E-state index < -0.39 is 0 Å². The lowest BCUT2D eigenvalue weighted by molar-refractivity contribution is 0.362. The highest BCUT2D eigenvalue weighted by Crippen LogP contribution is 2.36. The molecule has 2 aromatic heterocycles. The summed E-state index contributed by atoms with van der Waals surface area (Å²) in [6, 6.07) is 5.49. The van der Waals surface area contributed by atoms with Crippen molar-refractivity contribution in [1.29, 1.82) is 0 Å². The van der Waals surface area contributed by atoms with Gasteiger partial charge in [-0.2, -0.15) is 4.98 Å². The van der Waals surface area contributed by atoms with Crippen molar-refractivity contribution in [2.75, 3.05) is 18.0 Å². The fraction of sp³-hybridized carbons (Fsp3) is 0.353. The van der Waals surface area contributed by atoms with E-state index in [9.17, 15) is 0 Å². The number of hydrogen-bond donors (Lipinski definition) is 2. The van der Waals surface area contributed by atoms with E-state index in [4.69, 9.17) is 28.9 Å². The van der Waals surface area contributed by atoms with Crippen molar-refractivity contribution in [3.05, 3.63) is 34.4 Å². The van der Waals surface area contributed by atoms with Gasteiger partial charge in [-0.15, -0.1) is 0 Å². The quantitative estimate of drug-likeness (QED) is 0.633. The van der Waals surface area contributed by atoms with Crippen LogP contribution in [0.15, 0.2) is 34.4 Å². The van der Waals surface area contributed by atoms with Crippen molar-refractivity contribution in [1.82, 2.24) is 19.9 Å². The van der Waals surface area contributed by atoms with E-state index in [2.05, 4.69) is 31.8 Å².